The third kappa shape index (κ3) is 4.36. The van der Waals surface area contributed by atoms with Gasteiger partial charge in [0.2, 0.25) is 0 Å². The minimum Gasteiger partial charge on any atom is -0.468 e. The van der Waals surface area contributed by atoms with Crippen molar-refractivity contribution in [1.82, 2.24) is 0 Å². The van der Waals surface area contributed by atoms with Gasteiger partial charge in [-0.05, 0) is 57.4 Å². The fourth-order valence-corrected chi connectivity index (χ4v) is 3.83. The van der Waals surface area contributed by atoms with Crippen molar-refractivity contribution < 1.29 is 19.1 Å². The lowest BCUT2D eigenvalue weighted by Crippen LogP contribution is -2.40. The summed E-state index contributed by atoms with van der Waals surface area (Å²) < 4.78 is 4.96. The summed E-state index contributed by atoms with van der Waals surface area (Å²) in [6.45, 7) is 6.14. The van der Waals surface area contributed by atoms with E-state index in [1.807, 2.05) is 0 Å². The zero-order chi connectivity index (χ0) is 18.4. The lowest BCUT2D eigenvalue weighted by atomic mass is 9.74. The number of Topliss-reactive ketones (excluding diaryl/α,β-unsaturated/α-hetero) is 1. The highest BCUT2D eigenvalue weighted by Gasteiger charge is 2.54. The van der Waals surface area contributed by atoms with Crippen LogP contribution < -0.4 is 0 Å². The van der Waals surface area contributed by atoms with Gasteiger partial charge in [-0.1, -0.05) is 29.9 Å². The van der Waals surface area contributed by atoms with Gasteiger partial charge in [-0.3, -0.25) is 14.4 Å². The van der Waals surface area contributed by atoms with E-state index in [0.717, 1.165) is 31.3 Å². The molecule has 0 heterocycles. The van der Waals surface area contributed by atoms with Crippen LogP contribution in [0, 0.1) is 11.3 Å². The Balaban J connectivity index is 2.36. The Morgan fingerprint density at radius 1 is 1.16 bits per heavy atom. The van der Waals surface area contributed by atoms with E-state index in [9.17, 15) is 14.4 Å². The fraction of sp³-hybridized carbons (Fsp3) is 0.571. The average Bonchev–Trinajstić information content (AvgIpc) is 2.91. The third-order valence-electron chi connectivity index (χ3n) is 5.49. The highest BCUT2D eigenvalue weighted by molar-refractivity contribution is 6.08. The molecule has 136 valence electrons. The number of ether oxygens (including phenoxy) is 1. The second-order valence-corrected chi connectivity index (χ2v) is 7.20. The molecular weight excluding hydrogens is 316 g/mol. The SMILES string of the molecule is C=C1CCC(=O)/C=C\[C@@]2(C(=O)OC)C(=O)CC[C@@H]2CC/C=C(/C)CC1. The number of carbonyl (C=O) groups excluding carboxylic acids is 3. The number of methoxy groups -OCH3 is 1. The number of esters is 1. The first-order valence-electron chi connectivity index (χ1n) is 9.06. The summed E-state index contributed by atoms with van der Waals surface area (Å²) in [5, 5.41) is 0. The van der Waals surface area contributed by atoms with Gasteiger partial charge in [0.25, 0.3) is 0 Å². The molecule has 0 aromatic rings. The van der Waals surface area contributed by atoms with E-state index in [4.69, 9.17) is 4.74 Å². The Morgan fingerprint density at radius 3 is 2.60 bits per heavy atom. The molecule has 0 saturated heterocycles. The maximum atomic E-state index is 12.6. The van der Waals surface area contributed by atoms with Gasteiger partial charge in [-0.25, -0.2) is 0 Å². The predicted octanol–water partition coefficient (Wildman–Crippen LogP) is 4.11. The van der Waals surface area contributed by atoms with E-state index < -0.39 is 11.4 Å². The standard InChI is InChI=1S/C21H28O4/c1-15-5-4-6-17-10-12-19(23)21(17,20(24)25-3)14-13-18(22)11-9-16(2)8-7-15/h5,13-14,17H,2,4,6-12H2,1,3H3/b14-13-,15-5-/t17-,21-/m0/s1. The molecule has 0 N–H and O–H groups in total. The normalized spacial score (nSPS) is 32.3. The van der Waals surface area contributed by atoms with Crippen LogP contribution >= 0.6 is 0 Å². The van der Waals surface area contributed by atoms with Gasteiger partial charge in [0.05, 0.1) is 7.11 Å². The second kappa shape index (κ2) is 8.41. The van der Waals surface area contributed by atoms with Crippen molar-refractivity contribution in [2.75, 3.05) is 7.11 Å². The highest BCUT2D eigenvalue weighted by Crippen LogP contribution is 2.45. The summed E-state index contributed by atoms with van der Waals surface area (Å²) in [4.78, 5) is 37.3. The molecular formula is C21H28O4. The van der Waals surface area contributed by atoms with E-state index >= 15 is 0 Å². The van der Waals surface area contributed by atoms with Crippen LogP contribution in [0.1, 0.15) is 58.3 Å². The van der Waals surface area contributed by atoms with Gasteiger partial charge >= 0.3 is 5.97 Å². The van der Waals surface area contributed by atoms with Crippen molar-refractivity contribution in [2.24, 2.45) is 11.3 Å². The highest BCUT2D eigenvalue weighted by atomic mass is 16.5. The van der Waals surface area contributed by atoms with Crippen molar-refractivity contribution in [3.63, 3.8) is 0 Å². The summed E-state index contributed by atoms with van der Waals surface area (Å²) in [5.41, 5.74) is 1.05. The van der Waals surface area contributed by atoms with Gasteiger partial charge in [0.1, 0.15) is 5.41 Å². The van der Waals surface area contributed by atoms with E-state index in [-0.39, 0.29) is 17.5 Å². The van der Waals surface area contributed by atoms with Crippen LogP contribution in [-0.2, 0) is 19.1 Å². The Hall–Kier alpha value is -1.97. The fourth-order valence-electron chi connectivity index (χ4n) is 3.83. The van der Waals surface area contributed by atoms with Gasteiger partial charge in [0.15, 0.2) is 11.6 Å². The molecule has 2 rings (SSSR count). The maximum absolute atomic E-state index is 12.6. The minimum atomic E-state index is -1.30. The molecule has 0 aliphatic heterocycles. The summed E-state index contributed by atoms with van der Waals surface area (Å²) in [6, 6.07) is 0. The monoisotopic (exact) mass is 344 g/mol. The number of rotatable bonds is 1. The van der Waals surface area contributed by atoms with Crippen LogP contribution in [-0.4, -0.2) is 24.6 Å². The van der Waals surface area contributed by atoms with Crippen molar-refractivity contribution in [2.45, 2.75) is 58.3 Å². The maximum Gasteiger partial charge on any atom is 0.323 e. The number of allylic oxidation sites excluding steroid dienone is 4. The van der Waals surface area contributed by atoms with Gasteiger partial charge in [-0.15, -0.1) is 0 Å². The van der Waals surface area contributed by atoms with Crippen molar-refractivity contribution in [1.29, 1.82) is 0 Å². The molecule has 2 aliphatic rings. The Morgan fingerprint density at radius 2 is 1.88 bits per heavy atom. The molecule has 0 unspecified atom stereocenters. The molecule has 0 spiro atoms. The zero-order valence-corrected chi connectivity index (χ0v) is 15.3. The van der Waals surface area contributed by atoms with Crippen molar-refractivity contribution in [3.8, 4) is 0 Å². The van der Waals surface area contributed by atoms with E-state index in [1.165, 1.54) is 24.8 Å². The molecule has 1 saturated carbocycles. The van der Waals surface area contributed by atoms with Crippen LogP contribution in [0.15, 0.2) is 36.0 Å². The molecule has 25 heavy (non-hydrogen) atoms. The number of hydrogen-bond acceptors (Lipinski definition) is 4. The quantitative estimate of drug-likeness (QED) is 0.408. The second-order valence-electron chi connectivity index (χ2n) is 7.20. The first kappa shape index (κ1) is 19.4. The molecule has 1 fully saturated rings. The van der Waals surface area contributed by atoms with Gasteiger partial charge < -0.3 is 4.74 Å². The van der Waals surface area contributed by atoms with Crippen LogP contribution in [0.2, 0.25) is 0 Å². The summed E-state index contributed by atoms with van der Waals surface area (Å²) >= 11 is 0. The number of hydrogen-bond donors (Lipinski definition) is 0. The predicted molar refractivity (Wildman–Crippen MR) is 96.9 cm³/mol. The van der Waals surface area contributed by atoms with Gasteiger partial charge in [0, 0.05) is 12.8 Å². The number of fused-ring (bicyclic) bond motifs is 1. The molecule has 0 radical (unpaired) electrons. The van der Waals surface area contributed by atoms with E-state index in [0.29, 0.717) is 25.7 Å². The van der Waals surface area contributed by atoms with Crippen molar-refractivity contribution >= 4 is 17.5 Å². The summed E-state index contributed by atoms with van der Waals surface area (Å²) in [5.74, 6) is -0.863. The van der Waals surface area contributed by atoms with Crippen LogP contribution in [0.3, 0.4) is 0 Å². The largest absolute Gasteiger partial charge is 0.468 e. The molecule has 0 aromatic heterocycles. The van der Waals surface area contributed by atoms with Crippen LogP contribution in [0.5, 0.6) is 0 Å². The Bertz CT molecular complexity index is 626. The third-order valence-corrected chi connectivity index (χ3v) is 5.49. The first-order chi connectivity index (χ1) is 11.9. The number of ketones is 2. The number of carbonyl (C=O) groups is 3. The lowest BCUT2D eigenvalue weighted by molar-refractivity contribution is -0.155. The van der Waals surface area contributed by atoms with E-state index in [1.54, 1.807) is 0 Å². The lowest BCUT2D eigenvalue weighted by Gasteiger charge is -2.28. The van der Waals surface area contributed by atoms with E-state index in [2.05, 4.69) is 19.6 Å². The topological polar surface area (TPSA) is 60.4 Å². The van der Waals surface area contributed by atoms with Crippen LogP contribution in [0.4, 0.5) is 0 Å². The van der Waals surface area contributed by atoms with Gasteiger partial charge in [-0.2, -0.15) is 0 Å². The smallest absolute Gasteiger partial charge is 0.323 e. The zero-order valence-electron chi connectivity index (χ0n) is 15.3. The molecule has 4 nitrogen and oxygen atoms in total. The minimum absolute atomic E-state index is 0.0767. The molecule has 4 heteroatoms. The molecule has 0 amide bonds. The summed E-state index contributed by atoms with van der Waals surface area (Å²) in [7, 11) is 1.30. The Labute approximate surface area is 150 Å². The average molecular weight is 344 g/mol. The van der Waals surface area contributed by atoms with Crippen molar-refractivity contribution in [3.05, 3.63) is 36.0 Å². The Kier molecular flexibility index (Phi) is 6.51. The van der Waals surface area contributed by atoms with Crippen LogP contribution in [0.25, 0.3) is 0 Å². The molecule has 2 aliphatic carbocycles. The first-order valence-corrected chi connectivity index (χ1v) is 9.06. The summed E-state index contributed by atoms with van der Waals surface area (Å²) in [6.07, 6.45) is 10.5. The molecule has 0 aromatic carbocycles. The molecule has 2 atom stereocenters. The molecule has 0 bridgehead atoms.